The highest BCUT2D eigenvalue weighted by Crippen LogP contribution is 2.25. The topological polar surface area (TPSA) is 58.2 Å². The fourth-order valence-electron chi connectivity index (χ4n) is 2.33. The third-order valence-corrected chi connectivity index (χ3v) is 5.88. The summed E-state index contributed by atoms with van der Waals surface area (Å²) in [4.78, 5) is 0.114. The predicted octanol–water partition coefficient (Wildman–Crippen LogP) is 2.17. The van der Waals surface area contributed by atoms with Gasteiger partial charge in [-0.3, -0.25) is 0 Å². The van der Waals surface area contributed by atoms with Crippen LogP contribution < -0.4 is 10.0 Å². The zero-order valence-electron chi connectivity index (χ0n) is 11.4. The number of aryl methyl sites for hydroxylation is 1. The van der Waals surface area contributed by atoms with Gasteiger partial charge in [0.05, 0.1) is 9.37 Å². The first-order valence-electron chi connectivity index (χ1n) is 6.50. The van der Waals surface area contributed by atoms with Crippen LogP contribution in [0.4, 0.5) is 4.39 Å². The van der Waals surface area contributed by atoms with Gasteiger partial charge in [0.1, 0.15) is 5.82 Å². The maximum Gasteiger partial charge on any atom is 0.241 e. The van der Waals surface area contributed by atoms with E-state index in [4.69, 9.17) is 0 Å². The molecule has 0 radical (unpaired) electrons. The molecule has 0 bridgehead atoms. The zero-order valence-corrected chi connectivity index (χ0v) is 13.8. The number of halogens is 2. The first kappa shape index (κ1) is 15.9. The average molecular weight is 365 g/mol. The third kappa shape index (κ3) is 3.39. The van der Waals surface area contributed by atoms with Crippen LogP contribution in [0.5, 0.6) is 0 Å². The molecule has 1 aromatic rings. The Bertz CT molecular complexity index is 607. The predicted molar refractivity (Wildman–Crippen MR) is 79.6 cm³/mol. The molecule has 0 amide bonds. The molecule has 20 heavy (non-hydrogen) atoms. The van der Waals surface area contributed by atoms with Gasteiger partial charge >= 0.3 is 0 Å². The highest BCUT2D eigenvalue weighted by Gasteiger charge is 2.28. The van der Waals surface area contributed by atoms with Gasteiger partial charge < -0.3 is 5.32 Å². The number of piperidine rings is 1. The minimum Gasteiger partial charge on any atom is -0.315 e. The Kier molecular flexibility index (Phi) is 4.84. The van der Waals surface area contributed by atoms with Crippen LogP contribution in [0, 0.1) is 18.7 Å². The minimum absolute atomic E-state index is 0.114. The van der Waals surface area contributed by atoms with Gasteiger partial charge in [-0.25, -0.2) is 17.5 Å². The molecular formula is C13H18BrFN2O2S. The number of sulfonamides is 1. The van der Waals surface area contributed by atoms with Crippen LogP contribution in [-0.2, 0) is 10.0 Å². The average Bonchev–Trinajstić information content (AvgIpc) is 2.36. The van der Waals surface area contributed by atoms with Crippen LogP contribution in [0.15, 0.2) is 21.5 Å². The van der Waals surface area contributed by atoms with Crippen molar-refractivity contribution in [3.05, 3.63) is 28.0 Å². The molecule has 7 heteroatoms. The standard InChI is InChI=1S/C13H18BrFN2O2S/c1-8-3-4-16-7-12(8)17-20(18,19)13-6-10(14)11(15)5-9(13)2/h5-6,8,12,16-17H,3-4,7H2,1-2H3. The fraction of sp³-hybridized carbons (Fsp3) is 0.538. The number of hydrogen-bond donors (Lipinski definition) is 2. The lowest BCUT2D eigenvalue weighted by Gasteiger charge is -2.30. The van der Waals surface area contributed by atoms with Gasteiger partial charge in [0.25, 0.3) is 0 Å². The van der Waals surface area contributed by atoms with Gasteiger partial charge in [-0.15, -0.1) is 0 Å². The Labute approximate surface area is 127 Å². The Morgan fingerprint density at radius 2 is 2.15 bits per heavy atom. The molecule has 1 aliphatic rings. The molecule has 0 aliphatic carbocycles. The van der Waals surface area contributed by atoms with E-state index in [1.807, 2.05) is 6.92 Å². The molecule has 2 rings (SSSR count). The first-order valence-corrected chi connectivity index (χ1v) is 8.77. The maximum atomic E-state index is 13.4. The van der Waals surface area contributed by atoms with Crippen molar-refractivity contribution >= 4 is 26.0 Å². The van der Waals surface area contributed by atoms with E-state index in [9.17, 15) is 12.8 Å². The quantitative estimate of drug-likeness (QED) is 0.863. The summed E-state index contributed by atoms with van der Waals surface area (Å²) < 4.78 is 41.2. The van der Waals surface area contributed by atoms with Crippen molar-refractivity contribution in [1.82, 2.24) is 10.0 Å². The zero-order chi connectivity index (χ0) is 14.9. The van der Waals surface area contributed by atoms with Crippen LogP contribution in [0.3, 0.4) is 0 Å². The van der Waals surface area contributed by atoms with Crippen molar-refractivity contribution in [1.29, 1.82) is 0 Å². The van der Waals surface area contributed by atoms with Gasteiger partial charge in [-0.1, -0.05) is 6.92 Å². The van der Waals surface area contributed by atoms with Gasteiger partial charge in [0, 0.05) is 12.6 Å². The van der Waals surface area contributed by atoms with E-state index in [0.29, 0.717) is 12.1 Å². The van der Waals surface area contributed by atoms with Gasteiger partial charge in [0.15, 0.2) is 0 Å². The Morgan fingerprint density at radius 1 is 1.45 bits per heavy atom. The number of hydrogen-bond acceptors (Lipinski definition) is 3. The monoisotopic (exact) mass is 364 g/mol. The smallest absolute Gasteiger partial charge is 0.241 e. The van der Waals surface area contributed by atoms with E-state index >= 15 is 0 Å². The molecule has 0 spiro atoms. The largest absolute Gasteiger partial charge is 0.315 e. The van der Waals surface area contributed by atoms with Crippen LogP contribution in [0.25, 0.3) is 0 Å². The molecular weight excluding hydrogens is 347 g/mol. The molecule has 1 saturated heterocycles. The van der Waals surface area contributed by atoms with Crippen LogP contribution in [-0.4, -0.2) is 27.5 Å². The van der Waals surface area contributed by atoms with E-state index in [1.54, 1.807) is 6.92 Å². The van der Waals surface area contributed by atoms with Crippen LogP contribution >= 0.6 is 15.9 Å². The van der Waals surface area contributed by atoms with E-state index in [1.165, 1.54) is 12.1 Å². The molecule has 1 aromatic carbocycles. The van der Waals surface area contributed by atoms with E-state index in [2.05, 4.69) is 26.0 Å². The van der Waals surface area contributed by atoms with E-state index in [-0.39, 0.29) is 21.3 Å². The van der Waals surface area contributed by atoms with Gasteiger partial charge in [-0.2, -0.15) is 0 Å². The Balaban J connectivity index is 2.28. The third-order valence-electron chi connectivity index (χ3n) is 3.64. The molecule has 1 aliphatic heterocycles. The van der Waals surface area contributed by atoms with Gasteiger partial charge in [0.2, 0.25) is 10.0 Å². The first-order chi connectivity index (χ1) is 9.31. The lowest BCUT2D eigenvalue weighted by Crippen LogP contribution is -2.50. The van der Waals surface area contributed by atoms with Crippen molar-refractivity contribution in [2.75, 3.05) is 13.1 Å². The number of nitrogens with one attached hydrogen (secondary N) is 2. The summed E-state index contributed by atoms with van der Waals surface area (Å²) in [6.45, 7) is 5.14. The maximum absolute atomic E-state index is 13.4. The number of benzene rings is 1. The molecule has 1 heterocycles. The molecule has 2 N–H and O–H groups in total. The van der Waals surface area contributed by atoms with Crippen LogP contribution in [0.2, 0.25) is 0 Å². The minimum atomic E-state index is -3.65. The molecule has 1 fully saturated rings. The van der Waals surface area contributed by atoms with Crippen molar-refractivity contribution in [2.45, 2.75) is 31.2 Å². The highest BCUT2D eigenvalue weighted by molar-refractivity contribution is 9.10. The van der Waals surface area contributed by atoms with Crippen molar-refractivity contribution in [3.63, 3.8) is 0 Å². The number of rotatable bonds is 3. The normalized spacial score (nSPS) is 23.8. The van der Waals surface area contributed by atoms with E-state index < -0.39 is 15.8 Å². The lowest BCUT2D eigenvalue weighted by molar-refractivity contribution is 0.327. The second kappa shape index (κ2) is 6.09. The SMILES string of the molecule is Cc1cc(F)c(Br)cc1S(=O)(=O)NC1CNCCC1C. The van der Waals surface area contributed by atoms with Crippen molar-refractivity contribution in [3.8, 4) is 0 Å². The van der Waals surface area contributed by atoms with Crippen LogP contribution in [0.1, 0.15) is 18.9 Å². The summed E-state index contributed by atoms with van der Waals surface area (Å²) in [6, 6.07) is 2.40. The lowest BCUT2D eigenvalue weighted by atomic mass is 9.96. The summed E-state index contributed by atoms with van der Waals surface area (Å²) >= 11 is 3.03. The summed E-state index contributed by atoms with van der Waals surface area (Å²) in [5.74, 6) is -0.190. The molecule has 4 nitrogen and oxygen atoms in total. The second-order valence-electron chi connectivity index (χ2n) is 5.23. The summed E-state index contributed by atoms with van der Waals surface area (Å²) in [6.07, 6.45) is 0.930. The summed E-state index contributed by atoms with van der Waals surface area (Å²) in [5, 5.41) is 3.18. The molecule has 2 unspecified atom stereocenters. The van der Waals surface area contributed by atoms with Crippen molar-refractivity contribution in [2.24, 2.45) is 5.92 Å². The highest BCUT2D eigenvalue weighted by atomic mass is 79.9. The van der Waals surface area contributed by atoms with Crippen molar-refractivity contribution < 1.29 is 12.8 Å². The molecule has 2 atom stereocenters. The molecule has 112 valence electrons. The molecule has 0 saturated carbocycles. The summed E-state index contributed by atoms with van der Waals surface area (Å²) in [5.41, 5.74) is 0.398. The second-order valence-corrected chi connectivity index (χ2v) is 7.77. The summed E-state index contributed by atoms with van der Waals surface area (Å²) in [7, 11) is -3.65. The van der Waals surface area contributed by atoms with E-state index in [0.717, 1.165) is 13.0 Å². The molecule has 0 aromatic heterocycles. The fourth-order valence-corrected chi connectivity index (χ4v) is 4.42. The Morgan fingerprint density at radius 3 is 2.80 bits per heavy atom. The van der Waals surface area contributed by atoms with Gasteiger partial charge in [-0.05, 0) is 59.4 Å². The Hall–Kier alpha value is -0.500.